The van der Waals surface area contributed by atoms with Gasteiger partial charge in [0.15, 0.2) is 11.4 Å². The standard InChI is InChI=1S/C16H12N4O3/c21-17-13(11-7-3-1-4-8-11)15-16(20-23-19-15)14(18-22)12-9-5-2-6-10-12/h1-10,21-22H. The number of nitrogens with zero attached hydrogens (tertiary/aromatic N) is 4. The first-order chi connectivity index (χ1) is 11.3. The molecule has 114 valence electrons. The summed E-state index contributed by atoms with van der Waals surface area (Å²) in [4.78, 5) is 0. The number of benzene rings is 2. The lowest BCUT2D eigenvalue weighted by Crippen LogP contribution is -2.13. The average molecular weight is 308 g/mol. The van der Waals surface area contributed by atoms with Crippen LogP contribution in [-0.4, -0.2) is 32.2 Å². The van der Waals surface area contributed by atoms with E-state index in [1.54, 1.807) is 48.5 Å². The molecule has 3 aromatic rings. The first kappa shape index (κ1) is 14.5. The van der Waals surface area contributed by atoms with Gasteiger partial charge in [-0.05, 0) is 10.3 Å². The van der Waals surface area contributed by atoms with Gasteiger partial charge in [-0.2, -0.15) is 0 Å². The Morgan fingerprint density at radius 1 is 0.696 bits per heavy atom. The Bertz CT molecular complexity index is 772. The summed E-state index contributed by atoms with van der Waals surface area (Å²) in [6, 6.07) is 17.9. The van der Waals surface area contributed by atoms with E-state index in [0.29, 0.717) is 11.1 Å². The van der Waals surface area contributed by atoms with Crippen LogP contribution < -0.4 is 0 Å². The van der Waals surface area contributed by atoms with Gasteiger partial charge in [-0.3, -0.25) is 0 Å². The SMILES string of the molecule is ON=C(c1ccccc1)c1nonc1C(=NO)c1ccccc1. The number of aromatic nitrogens is 2. The Morgan fingerprint density at radius 2 is 1.09 bits per heavy atom. The molecule has 0 saturated carbocycles. The van der Waals surface area contributed by atoms with E-state index in [1.807, 2.05) is 12.1 Å². The minimum atomic E-state index is 0.166. The number of oxime groups is 2. The van der Waals surface area contributed by atoms with E-state index in [9.17, 15) is 10.4 Å². The Morgan fingerprint density at radius 3 is 1.43 bits per heavy atom. The molecule has 1 heterocycles. The maximum Gasteiger partial charge on any atom is 0.167 e. The molecule has 3 rings (SSSR count). The van der Waals surface area contributed by atoms with E-state index in [0.717, 1.165) is 0 Å². The zero-order chi connectivity index (χ0) is 16.1. The predicted octanol–water partition coefficient (Wildman–Crippen LogP) is 2.52. The molecule has 0 radical (unpaired) electrons. The molecule has 0 amide bonds. The summed E-state index contributed by atoms with van der Waals surface area (Å²) in [5, 5.41) is 32.9. The molecule has 0 saturated heterocycles. The second-order valence-electron chi connectivity index (χ2n) is 4.59. The van der Waals surface area contributed by atoms with Crippen LogP contribution in [0, 0.1) is 0 Å². The van der Waals surface area contributed by atoms with Gasteiger partial charge < -0.3 is 10.4 Å². The topological polar surface area (TPSA) is 104 Å². The van der Waals surface area contributed by atoms with Crippen molar-refractivity contribution in [2.45, 2.75) is 0 Å². The molecular weight excluding hydrogens is 296 g/mol. The lowest BCUT2D eigenvalue weighted by molar-refractivity contribution is 0.301. The van der Waals surface area contributed by atoms with Gasteiger partial charge in [0.2, 0.25) is 0 Å². The van der Waals surface area contributed by atoms with E-state index in [1.165, 1.54) is 0 Å². The van der Waals surface area contributed by atoms with E-state index in [-0.39, 0.29) is 22.8 Å². The molecule has 0 aliphatic heterocycles. The van der Waals surface area contributed by atoms with Crippen molar-refractivity contribution < 1.29 is 15.0 Å². The molecule has 7 nitrogen and oxygen atoms in total. The number of rotatable bonds is 4. The van der Waals surface area contributed by atoms with Crippen LogP contribution in [0.1, 0.15) is 22.5 Å². The highest BCUT2D eigenvalue weighted by Crippen LogP contribution is 2.16. The van der Waals surface area contributed by atoms with Gasteiger partial charge in [0.1, 0.15) is 11.4 Å². The van der Waals surface area contributed by atoms with Crippen LogP contribution in [0.2, 0.25) is 0 Å². The largest absolute Gasteiger partial charge is 0.410 e. The monoisotopic (exact) mass is 308 g/mol. The Kier molecular flexibility index (Phi) is 4.10. The van der Waals surface area contributed by atoms with Crippen LogP contribution in [0.5, 0.6) is 0 Å². The smallest absolute Gasteiger partial charge is 0.167 e. The van der Waals surface area contributed by atoms with Crippen molar-refractivity contribution in [2.75, 3.05) is 0 Å². The Balaban J connectivity index is 2.09. The van der Waals surface area contributed by atoms with Crippen LogP contribution in [0.4, 0.5) is 0 Å². The summed E-state index contributed by atoms with van der Waals surface area (Å²) >= 11 is 0. The lowest BCUT2D eigenvalue weighted by atomic mass is 10.0. The van der Waals surface area contributed by atoms with Crippen LogP contribution >= 0.6 is 0 Å². The maximum atomic E-state index is 9.38. The molecule has 2 aromatic carbocycles. The zero-order valence-electron chi connectivity index (χ0n) is 11.9. The summed E-state index contributed by atoms with van der Waals surface area (Å²) in [6.07, 6.45) is 0. The molecule has 0 fully saturated rings. The summed E-state index contributed by atoms with van der Waals surface area (Å²) in [5.74, 6) is 0. The molecule has 0 atom stereocenters. The molecular formula is C16H12N4O3. The molecule has 2 N–H and O–H groups in total. The molecule has 7 heteroatoms. The molecule has 0 aliphatic rings. The van der Waals surface area contributed by atoms with Crippen molar-refractivity contribution in [3.05, 3.63) is 83.2 Å². The summed E-state index contributed by atoms with van der Waals surface area (Å²) in [6.45, 7) is 0. The number of hydrogen-bond acceptors (Lipinski definition) is 7. The Hall–Kier alpha value is -3.48. The third-order valence-corrected chi connectivity index (χ3v) is 3.23. The van der Waals surface area contributed by atoms with Crippen LogP contribution in [0.15, 0.2) is 75.6 Å². The van der Waals surface area contributed by atoms with Gasteiger partial charge >= 0.3 is 0 Å². The summed E-state index contributed by atoms with van der Waals surface area (Å²) in [5.41, 5.74) is 1.93. The minimum Gasteiger partial charge on any atom is -0.410 e. The van der Waals surface area contributed by atoms with Crippen molar-refractivity contribution in [2.24, 2.45) is 10.3 Å². The predicted molar refractivity (Wildman–Crippen MR) is 82.0 cm³/mol. The van der Waals surface area contributed by atoms with E-state index in [4.69, 9.17) is 4.63 Å². The van der Waals surface area contributed by atoms with Gasteiger partial charge in [0.25, 0.3) is 0 Å². The Labute approximate surface area is 131 Å². The molecule has 23 heavy (non-hydrogen) atoms. The fourth-order valence-electron chi connectivity index (χ4n) is 2.17. The van der Waals surface area contributed by atoms with Gasteiger partial charge in [0, 0.05) is 11.1 Å². The lowest BCUT2D eigenvalue weighted by Gasteiger charge is -2.04. The first-order valence-corrected chi connectivity index (χ1v) is 6.73. The van der Waals surface area contributed by atoms with E-state index < -0.39 is 0 Å². The molecule has 0 aliphatic carbocycles. The maximum absolute atomic E-state index is 9.38. The fraction of sp³-hybridized carbons (Fsp3) is 0. The van der Waals surface area contributed by atoms with E-state index in [2.05, 4.69) is 20.6 Å². The third kappa shape index (κ3) is 2.80. The normalized spacial score (nSPS) is 12.3. The summed E-state index contributed by atoms with van der Waals surface area (Å²) in [7, 11) is 0. The zero-order valence-corrected chi connectivity index (χ0v) is 11.9. The second-order valence-corrected chi connectivity index (χ2v) is 4.59. The van der Waals surface area contributed by atoms with E-state index >= 15 is 0 Å². The molecule has 0 unspecified atom stereocenters. The van der Waals surface area contributed by atoms with Gasteiger partial charge in [-0.1, -0.05) is 71.0 Å². The van der Waals surface area contributed by atoms with Crippen molar-refractivity contribution in [3.63, 3.8) is 0 Å². The highest BCUT2D eigenvalue weighted by Gasteiger charge is 2.24. The van der Waals surface area contributed by atoms with Gasteiger partial charge in [-0.15, -0.1) is 0 Å². The van der Waals surface area contributed by atoms with Crippen molar-refractivity contribution in [1.29, 1.82) is 0 Å². The highest BCUT2D eigenvalue weighted by atomic mass is 16.6. The third-order valence-electron chi connectivity index (χ3n) is 3.23. The van der Waals surface area contributed by atoms with Gasteiger partial charge in [-0.25, -0.2) is 4.63 Å². The van der Waals surface area contributed by atoms with Crippen LogP contribution in [0.25, 0.3) is 0 Å². The number of hydrogen-bond donors (Lipinski definition) is 2. The minimum absolute atomic E-state index is 0.166. The van der Waals surface area contributed by atoms with Crippen molar-refractivity contribution in [1.82, 2.24) is 10.3 Å². The molecule has 1 aromatic heterocycles. The first-order valence-electron chi connectivity index (χ1n) is 6.73. The van der Waals surface area contributed by atoms with Gasteiger partial charge in [0.05, 0.1) is 0 Å². The van der Waals surface area contributed by atoms with Crippen molar-refractivity contribution in [3.8, 4) is 0 Å². The molecule has 0 spiro atoms. The van der Waals surface area contributed by atoms with Crippen molar-refractivity contribution >= 4 is 11.4 Å². The fourth-order valence-corrected chi connectivity index (χ4v) is 2.17. The quantitative estimate of drug-likeness (QED) is 0.438. The van der Waals surface area contributed by atoms with Crippen LogP contribution in [-0.2, 0) is 0 Å². The van der Waals surface area contributed by atoms with Crippen LogP contribution in [0.3, 0.4) is 0 Å². The highest BCUT2D eigenvalue weighted by molar-refractivity contribution is 6.20. The molecule has 0 bridgehead atoms. The average Bonchev–Trinajstić information content (AvgIpc) is 3.07. The second kappa shape index (κ2) is 6.52. The summed E-state index contributed by atoms with van der Waals surface area (Å²) < 4.78 is 4.77.